The highest BCUT2D eigenvalue weighted by molar-refractivity contribution is 14.0. The van der Waals surface area contributed by atoms with Crippen LogP contribution in [0.4, 0.5) is 0 Å². The van der Waals surface area contributed by atoms with Crippen molar-refractivity contribution in [1.82, 2.24) is 20.9 Å². The fourth-order valence-electron chi connectivity index (χ4n) is 1.77. The average molecular weight is 437 g/mol. The second-order valence-corrected chi connectivity index (χ2v) is 6.43. The van der Waals surface area contributed by atoms with Crippen LogP contribution in [0.3, 0.4) is 0 Å². The number of thiazole rings is 1. The summed E-state index contributed by atoms with van der Waals surface area (Å²) in [5.41, 5.74) is 1.07. The lowest BCUT2D eigenvalue weighted by Gasteiger charge is -2.10. The molecule has 1 saturated carbocycles. The first-order valence-electron chi connectivity index (χ1n) is 7.33. The van der Waals surface area contributed by atoms with E-state index in [1.54, 1.807) is 11.3 Å². The molecular formula is C14H24IN5OS. The number of aryl methyl sites for hydroxylation is 2. The minimum Gasteiger partial charge on any atom is -0.357 e. The predicted molar refractivity (Wildman–Crippen MR) is 101 cm³/mol. The summed E-state index contributed by atoms with van der Waals surface area (Å²) in [5, 5.41) is 10.3. The maximum atomic E-state index is 11.6. The minimum atomic E-state index is -0.0179. The molecule has 1 aliphatic carbocycles. The number of nitrogens with zero attached hydrogens (tertiary/aromatic N) is 2. The van der Waals surface area contributed by atoms with Gasteiger partial charge in [-0.2, -0.15) is 0 Å². The first-order chi connectivity index (χ1) is 10.1. The molecule has 22 heavy (non-hydrogen) atoms. The van der Waals surface area contributed by atoms with Gasteiger partial charge in [0.15, 0.2) is 5.96 Å². The van der Waals surface area contributed by atoms with Crippen molar-refractivity contribution >= 4 is 47.2 Å². The van der Waals surface area contributed by atoms with E-state index in [1.165, 1.54) is 4.88 Å². The fourth-order valence-corrected chi connectivity index (χ4v) is 2.64. The van der Waals surface area contributed by atoms with Crippen molar-refractivity contribution in [2.24, 2.45) is 4.99 Å². The Balaban J connectivity index is 0.00000242. The van der Waals surface area contributed by atoms with Crippen LogP contribution in [-0.2, 0) is 11.3 Å². The zero-order valence-electron chi connectivity index (χ0n) is 13.2. The molecule has 1 fully saturated rings. The lowest BCUT2D eigenvalue weighted by atomic mass is 10.4. The smallest absolute Gasteiger partial charge is 0.242 e. The van der Waals surface area contributed by atoms with E-state index in [0.29, 0.717) is 18.5 Å². The number of aliphatic imine (C=N–C) groups is 1. The Morgan fingerprint density at radius 2 is 2.09 bits per heavy atom. The third kappa shape index (κ3) is 6.47. The van der Waals surface area contributed by atoms with Crippen LogP contribution >= 0.6 is 35.3 Å². The van der Waals surface area contributed by atoms with E-state index in [4.69, 9.17) is 0 Å². The van der Waals surface area contributed by atoms with Gasteiger partial charge in [0.2, 0.25) is 5.91 Å². The molecule has 0 spiro atoms. The van der Waals surface area contributed by atoms with Gasteiger partial charge in [0, 0.05) is 17.5 Å². The van der Waals surface area contributed by atoms with Gasteiger partial charge in [0.25, 0.3) is 0 Å². The number of rotatable bonds is 6. The van der Waals surface area contributed by atoms with Crippen LogP contribution in [0.2, 0.25) is 0 Å². The maximum absolute atomic E-state index is 11.6. The first kappa shape index (κ1) is 19.1. The summed E-state index contributed by atoms with van der Waals surface area (Å²) in [5.74, 6) is 0.629. The van der Waals surface area contributed by atoms with Gasteiger partial charge in [0.1, 0.15) is 11.6 Å². The molecule has 0 aliphatic heterocycles. The molecular weight excluding hydrogens is 413 g/mol. The van der Waals surface area contributed by atoms with Crippen molar-refractivity contribution in [2.75, 3.05) is 13.1 Å². The van der Waals surface area contributed by atoms with Crippen molar-refractivity contribution in [1.29, 1.82) is 0 Å². The lowest BCUT2D eigenvalue weighted by Crippen LogP contribution is -2.38. The van der Waals surface area contributed by atoms with Crippen molar-refractivity contribution in [3.63, 3.8) is 0 Å². The Labute approximate surface area is 152 Å². The van der Waals surface area contributed by atoms with Gasteiger partial charge in [-0.15, -0.1) is 35.3 Å². The zero-order chi connectivity index (χ0) is 15.2. The molecule has 3 N–H and O–H groups in total. The lowest BCUT2D eigenvalue weighted by molar-refractivity contribution is -0.119. The summed E-state index contributed by atoms with van der Waals surface area (Å²) in [6.07, 6.45) is 2.19. The van der Waals surface area contributed by atoms with Crippen LogP contribution in [0.15, 0.2) is 4.99 Å². The number of hydrogen-bond acceptors (Lipinski definition) is 4. The molecule has 124 valence electrons. The predicted octanol–water partition coefficient (Wildman–Crippen LogP) is 1.71. The summed E-state index contributed by atoms with van der Waals surface area (Å²) in [4.78, 5) is 21.7. The number of hydrogen-bond donors (Lipinski definition) is 3. The topological polar surface area (TPSA) is 78.4 Å². The third-order valence-corrected chi connectivity index (χ3v) is 4.22. The SMILES string of the molecule is CCNC(=NCC(=O)NC1CC1)NCc1nc(C)c(C)s1.I. The highest BCUT2D eigenvalue weighted by Gasteiger charge is 2.22. The van der Waals surface area contributed by atoms with E-state index >= 15 is 0 Å². The number of halogens is 1. The van der Waals surface area contributed by atoms with E-state index in [9.17, 15) is 4.79 Å². The summed E-state index contributed by atoms with van der Waals surface area (Å²) < 4.78 is 0. The first-order valence-corrected chi connectivity index (χ1v) is 8.14. The van der Waals surface area contributed by atoms with Gasteiger partial charge >= 0.3 is 0 Å². The highest BCUT2D eigenvalue weighted by Crippen LogP contribution is 2.18. The molecule has 1 heterocycles. The Morgan fingerprint density at radius 1 is 1.36 bits per heavy atom. The summed E-state index contributed by atoms with van der Waals surface area (Å²) >= 11 is 1.68. The minimum absolute atomic E-state index is 0. The van der Waals surface area contributed by atoms with Gasteiger partial charge < -0.3 is 16.0 Å². The van der Waals surface area contributed by atoms with Gasteiger partial charge in [-0.1, -0.05) is 0 Å². The van der Waals surface area contributed by atoms with Crippen molar-refractivity contribution in [3.05, 3.63) is 15.6 Å². The van der Waals surface area contributed by atoms with Crippen LogP contribution in [0.1, 0.15) is 35.3 Å². The Hall–Kier alpha value is -0.900. The van der Waals surface area contributed by atoms with Crippen molar-refractivity contribution < 1.29 is 4.79 Å². The van der Waals surface area contributed by atoms with Gasteiger partial charge in [0.05, 0.1) is 12.2 Å². The number of amides is 1. The van der Waals surface area contributed by atoms with Crippen LogP contribution in [0.5, 0.6) is 0 Å². The van der Waals surface area contributed by atoms with Crippen LogP contribution < -0.4 is 16.0 Å². The molecule has 1 aliphatic rings. The molecule has 0 radical (unpaired) electrons. The second-order valence-electron chi connectivity index (χ2n) is 5.14. The quantitative estimate of drug-likeness (QED) is 0.360. The molecule has 0 unspecified atom stereocenters. The van der Waals surface area contributed by atoms with E-state index in [1.807, 2.05) is 13.8 Å². The van der Waals surface area contributed by atoms with Crippen LogP contribution in [0, 0.1) is 13.8 Å². The molecule has 6 nitrogen and oxygen atoms in total. The van der Waals surface area contributed by atoms with Gasteiger partial charge in [-0.3, -0.25) is 4.79 Å². The second kappa shape index (κ2) is 9.29. The molecule has 8 heteroatoms. The van der Waals surface area contributed by atoms with Crippen molar-refractivity contribution in [2.45, 2.75) is 46.2 Å². The van der Waals surface area contributed by atoms with Crippen LogP contribution in [0.25, 0.3) is 0 Å². The Kier molecular flexibility index (Phi) is 8.08. The van der Waals surface area contributed by atoms with E-state index < -0.39 is 0 Å². The fraction of sp³-hybridized carbons (Fsp3) is 0.643. The summed E-state index contributed by atoms with van der Waals surface area (Å²) in [6.45, 7) is 7.61. The molecule has 2 rings (SSSR count). The molecule has 1 aromatic heterocycles. The maximum Gasteiger partial charge on any atom is 0.242 e. The molecule has 0 aromatic carbocycles. The summed E-state index contributed by atoms with van der Waals surface area (Å²) in [7, 11) is 0. The largest absolute Gasteiger partial charge is 0.357 e. The van der Waals surface area contributed by atoms with E-state index in [2.05, 4.69) is 32.9 Å². The van der Waals surface area contributed by atoms with Gasteiger partial charge in [-0.05, 0) is 33.6 Å². The molecule has 0 bridgehead atoms. The van der Waals surface area contributed by atoms with E-state index in [-0.39, 0.29) is 36.4 Å². The molecule has 1 amide bonds. The van der Waals surface area contributed by atoms with Gasteiger partial charge in [-0.25, -0.2) is 9.98 Å². The standard InChI is InChI=1S/C14H23N5OS.HI/c1-4-15-14(16-7-12(20)19-11-5-6-11)17-8-13-18-9(2)10(3)21-13;/h11H,4-8H2,1-3H3,(H,19,20)(H2,15,16,17);1H. The van der Waals surface area contributed by atoms with Crippen molar-refractivity contribution in [3.8, 4) is 0 Å². The highest BCUT2D eigenvalue weighted by atomic mass is 127. The number of guanidine groups is 1. The Morgan fingerprint density at radius 3 is 2.64 bits per heavy atom. The zero-order valence-corrected chi connectivity index (χ0v) is 16.4. The third-order valence-electron chi connectivity index (χ3n) is 3.15. The number of aromatic nitrogens is 1. The number of nitrogens with one attached hydrogen (secondary N) is 3. The molecule has 1 aromatic rings. The van der Waals surface area contributed by atoms with Crippen LogP contribution in [-0.4, -0.2) is 36.0 Å². The average Bonchev–Trinajstić information content (AvgIpc) is 3.19. The number of carbonyl (C=O) groups excluding carboxylic acids is 1. The summed E-state index contributed by atoms with van der Waals surface area (Å²) in [6, 6.07) is 0.379. The molecule has 0 atom stereocenters. The molecule has 0 saturated heterocycles. The monoisotopic (exact) mass is 437 g/mol. The Bertz CT molecular complexity index is 508. The normalized spacial score (nSPS) is 14.2. The number of carbonyl (C=O) groups is 1. The van der Waals surface area contributed by atoms with E-state index in [0.717, 1.165) is 30.1 Å².